The SMILES string of the molecule is C/C=C\C=C/C(C)COc1ccc(OC[C@H]2CO2)cc1OCCc1ccccc1. The molecule has 0 aliphatic carbocycles. The van der Waals surface area contributed by atoms with E-state index in [1.54, 1.807) is 0 Å². The summed E-state index contributed by atoms with van der Waals surface area (Å²) < 4.78 is 23.1. The fourth-order valence-corrected chi connectivity index (χ4v) is 2.73. The highest BCUT2D eigenvalue weighted by molar-refractivity contribution is 5.45. The molecule has 2 aromatic rings. The lowest BCUT2D eigenvalue weighted by molar-refractivity contribution is 0.245. The van der Waals surface area contributed by atoms with Crippen molar-refractivity contribution in [1.82, 2.24) is 0 Å². The quantitative estimate of drug-likeness (QED) is 0.365. The number of hydrogen-bond acceptors (Lipinski definition) is 4. The van der Waals surface area contributed by atoms with Crippen molar-refractivity contribution in [3.63, 3.8) is 0 Å². The second-order valence-corrected chi connectivity index (χ2v) is 7.16. The fourth-order valence-electron chi connectivity index (χ4n) is 2.73. The summed E-state index contributed by atoms with van der Waals surface area (Å²) in [7, 11) is 0. The van der Waals surface area contributed by atoms with Crippen LogP contribution < -0.4 is 14.2 Å². The summed E-state index contributed by atoms with van der Waals surface area (Å²) in [5.74, 6) is 2.51. The zero-order valence-electron chi connectivity index (χ0n) is 17.3. The largest absolute Gasteiger partial charge is 0.491 e. The summed E-state index contributed by atoms with van der Waals surface area (Å²) in [6.45, 7) is 6.63. The molecule has 3 rings (SSSR count). The van der Waals surface area contributed by atoms with Crippen LogP contribution in [0.5, 0.6) is 17.2 Å². The molecule has 0 bridgehead atoms. The van der Waals surface area contributed by atoms with Gasteiger partial charge in [0, 0.05) is 18.4 Å². The predicted octanol–water partition coefficient (Wildman–Crippen LogP) is 5.23. The molecule has 1 aliphatic rings. The van der Waals surface area contributed by atoms with E-state index >= 15 is 0 Å². The van der Waals surface area contributed by atoms with Crippen LogP contribution in [0.15, 0.2) is 72.8 Å². The minimum absolute atomic E-state index is 0.221. The Morgan fingerprint density at radius 1 is 1.03 bits per heavy atom. The van der Waals surface area contributed by atoms with Crippen LogP contribution in [0.25, 0.3) is 0 Å². The molecule has 0 saturated carbocycles. The molecule has 1 aliphatic heterocycles. The number of rotatable bonds is 12. The Morgan fingerprint density at radius 3 is 2.62 bits per heavy atom. The van der Waals surface area contributed by atoms with Crippen molar-refractivity contribution in [1.29, 1.82) is 0 Å². The van der Waals surface area contributed by atoms with E-state index in [-0.39, 0.29) is 6.10 Å². The van der Waals surface area contributed by atoms with Crippen LogP contribution >= 0.6 is 0 Å². The number of hydrogen-bond donors (Lipinski definition) is 0. The summed E-state index contributed by atoms with van der Waals surface area (Å²) >= 11 is 0. The van der Waals surface area contributed by atoms with Crippen LogP contribution in [-0.2, 0) is 11.2 Å². The van der Waals surface area contributed by atoms with Gasteiger partial charge in [0.2, 0.25) is 0 Å². The Bertz CT molecular complexity index is 794. The second kappa shape index (κ2) is 11.3. The molecule has 2 aromatic carbocycles. The molecular formula is C25H30O4. The average molecular weight is 395 g/mol. The highest BCUT2D eigenvalue weighted by Gasteiger charge is 2.23. The van der Waals surface area contributed by atoms with E-state index in [4.69, 9.17) is 18.9 Å². The molecule has 1 heterocycles. The number of ether oxygens (including phenoxy) is 4. The van der Waals surface area contributed by atoms with Crippen molar-refractivity contribution in [2.24, 2.45) is 5.92 Å². The van der Waals surface area contributed by atoms with Gasteiger partial charge in [-0.25, -0.2) is 0 Å². The van der Waals surface area contributed by atoms with Gasteiger partial charge in [0.25, 0.3) is 0 Å². The molecule has 29 heavy (non-hydrogen) atoms. The topological polar surface area (TPSA) is 40.2 Å². The van der Waals surface area contributed by atoms with Crippen molar-refractivity contribution in [2.45, 2.75) is 26.4 Å². The molecule has 0 spiro atoms. The van der Waals surface area contributed by atoms with Gasteiger partial charge in [-0.15, -0.1) is 0 Å². The Morgan fingerprint density at radius 2 is 1.86 bits per heavy atom. The number of epoxide rings is 1. The monoisotopic (exact) mass is 394 g/mol. The third kappa shape index (κ3) is 7.66. The smallest absolute Gasteiger partial charge is 0.164 e. The van der Waals surface area contributed by atoms with E-state index in [1.807, 2.05) is 61.5 Å². The van der Waals surface area contributed by atoms with Gasteiger partial charge < -0.3 is 18.9 Å². The van der Waals surface area contributed by atoms with Crippen LogP contribution in [0, 0.1) is 5.92 Å². The Hall–Kier alpha value is -2.72. The molecule has 0 aromatic heterocycles. The Labute approximate surface area is 173 Å². The van der Waals surface area contributed by atoms with Gasteiger partial charge in [-0.3, -0.25) is 0 Å². The van der Waals surface area contributed by atoms with Crippen LogP contribution in [0.4, 0.5) is 0 Å². The van der Waals surface area contributed by atoms with Gasteiger partial charge in [-0.1, -0.05) is 61.6 Å². The number of benzene rings is 2. The molecule has 4 heteroatoms. The minimum atomic E-state index is 0.221. The summed E-state index contributed by atoms with van der Waals surface area (Å²) in [5, 5.41) is 0. The summed E-state index contributed by atoms with van der Waals surface area (Å²) in [5.41, 5.74) is 1.25. The van der Waals surface area contributed by atoms with E-state index in [2.05, 4.69) is 25.1 Å². The molecule has 0 N–H and O–H groups in total. The lowest BCUT2D eigenvalue weighted by atomic mass is 10.2. The van der Waals surface area contributed by atoms with E-state index < -0.39 is 0 Å². The van der Waals surface area contributed by atoms with Gasteiger partial charge in [0.05, 0.1) is 19.8 Å². The van der Waals surface area contributed by atoms with E-state index in [0.29, 0.717) is 31.5 Å². The maximum atomic E-state index is 6.07. The first-order chi connectivity index (χ1) is 14.2. The zero-order chi connectivity index (χ0) is 20.3. The van der Waals surface area contributed by atoms with Crippen molar-refractivity contribution in [3.05, 3.63) is 78.4 Å². The molecule has 2 atom stereocenters. The van der Waals surface area contributed by atoms with Crippen LogP contribution in [-0.4, -0.2) is 32.5 Å². The van der Waals surface area contributed by atoms with Gasteiger partial charge >= 0.3 is 0 Å². The third-order valence-corrected chi connectivity index (χ3v) is 4.49. The van der Waals surface area contributed by atoms with Crippen molar-refractivity contribution in [3.8, 4) is 17.2 Å². The van der Waals surface area contributed by atoms with Crippen molar-refractivity contribution >= 4 is 0 Å². The second-order valence-electron chi connectivity index (χ2n) is 7.16. The average Bonchev–Trinajstić information content (AvgIpc) is 3.57. The van der Waals surface area contributed by atoms with E-state index in [0.717, 1.165) is 24.5 Å². The molecule has 4 nitrogen and oxygen atoms in total. The molecule has 1 fully saturated rings. The van der Waals surface area contributed by atoms with Gasteiger partial charge in [0.1, 0.15) is 18.5 Å². The van der Waals surface area contributed by atoms with Gasteiger partial charge in [0.15, 0.2) is 11.5 Å². The molecular weight excluding hydrogens is 364 g/mol. The first-order valence-corrected chi connectivity index (χ1v) is 10.2. The molecule has 0 amide bonds. The van der Waals surface area contributed by atoms with Crippen LogP contribution in [0.2, 0.25) is 0 Å². The first-order valence-electron chi connectivity index (χ1n) is 10.2. The molecule has 154 valence electrons. The maximum Gasteiger partial charge on any atom is 0.164 e. The van der Waals surface area contributed by atoms with Crippen molar-refractivity contribution in [2.75, 3.05) is 26.4 Å². The normalized spacial score (nSPS) is 16.8. The Kier molecular flexibility index (Phi) is 8.20. The highest BCUT2D eigenvalue weighted by Crippen LogP contribution is 2.32. The van der Waals surface area contributed by atoms with Crippen molar-refractivity contribution < 1.29 is 18.9 Å². The Balaban J connectivity index is 1.60. The number of allylic oxidation sites excluding steroid dienone is 3. The third-order valence-electron chi connectivity index (χ3n) is 4.49. The van der Waals surface area contributed by atoms with Crippen LogP contribution in [0.3, 0.4) is 0 Å². The molecule has 1 saturated heterocycles. The summed E-state index contributed by atoms with van der Waals surface area (Å²) in [6.07, 6.45) is 9.26. The van der Waals surface area contributed by atoms with E-state index in [9.17, 15) is 0 Å². The predicted molar refractivity (Wildman–Crippen MR) is 116 cm³/mol. The standard InChI is InChI=1S/C25H30O4/c1-3-4-6-9-20(2)17-29-24-13-12-22(27-18-23-19-28-23)16-25(24)26-15-14-21-10-7-5-8-11-21/h3-13,16,20,23H,14-15,17-19H2,1-2H3/b4-3-,9-6-/t20?,23-/m0/s1. The lowest BCUT2D eigenvalue weighted by Crippen LogP contribution is -2.09. The molecule has 1 unspecified atom stereocenters. The summed E-state index contributed by atoms with van der Waals surface area (Å²) in [6, 6.07) is 16.1. The lowest BCUT2D eigenvalue weighted by Gasteiger charge is -2.16. The minimum Gasteiger partial charge on any atom is -0.491 e. The maximum absolute atomic E-state index is 6.07. The van der Waals surface area contributed by atoms with Crippen LogP contribution in [0.1, 0.15) is 19.4 Å². The fraction of sp³-hybridized carbons (Fsp3) is 0.360. The molecule has 0 radical (unpaired) electrons. The van der Waals surface area contributed by atoms with Gasteiger partial charge in [-0.2, -0.15) is 0 Å². The first kappa shape index (κ1) is 21.0. The summed E-state index contributed by atoms with van der Waals surface area (Å²) in [4.78, 5) is 0. The van der Waals surface area contributed by atoms with E-state index in [1.165, 1.54) is 5.56 Å². The highest BCUT2D eigenvalue weighted by atomic mass is 16.6. The van der Waals surface area contributed by atoms with Gasteiger partial charge in [-0.05, 0) is 24.6 Å². The zero-order valence-corrected chi connectivity index (χ0v) is 17.3.